The molecule has 0 aliphatic heterocycles. The number of esters is 1. The third-order valence-electron chi connectivity index (χ3n) is 3.74. The lowest BCUT2D eigenvalue weighted by Crippen LogP contribution is -2.32. The smallest absolute Gasteiger partial charge is 0.325 e. The average Bonchev–Trinajstić information content (AvgIpc) is 3.16. The molecule has 0 atom stereocenters. The van der Waals surface area contributed by atoms with Gasteiger partial charge in [-0.25, -0.2) is 0 Å². The Labute approximate surface area is 172 Å². The number of nitrogens with one attached hydrogen (secondary N) is 2. The molecule has 30 heavy (non-hydrogen) atoms. The first kappa shape index (κ1) is 20.6. The molecular formula is C21H19N3O6. The lowest BCUT2D eigenvalue weighted by molar-refractivity contribution is -0.146. The molecule has 9 nitrogen and oxygen atoms in total. The van der Waals surface area contributed by atoms with Crippen molar-refractivity contribution in [3.8, 4) is 11.5 Å². The third kappa shape index (κ3) is 6.20. The van der Waals surface area contributed by atoms with Crippen LogP contribution in [0.1, 0.15) is 16.1 Å². The van der Waals surface area contributed by atoms with E-state index >= 15 is 0 Å². The van der Waals surface area contributed by atoms with E-state index in [4.69, 9.17) is 14.0 Å². The standard InChI is InChI=1S/C21H19N3O6/c1-14-11-19(30-24-14)23-18(25)13-28-20(26)12-22-21(27)15-7-9-17(10-8-15)29-16-5-3-2-4-6-16/h2-11H,12-13H2,1H3,(H,22,27)(H,23,25). The van der Waals surface area contributed by atoms with Crippen LogP contribution in [0.25, 0.3) is 0 Å². The first-order valence-corrected chi connectivity index (χ1v) is 8.99. The van der Waals surface area contributed by atoms with Crippen LogP contribution in [0.3, 0.4) is 0 Å². The zero-order valence-electron chi connectivity index (χ0n) is 16.1. The van der Waals surface area contributed by atoms with Crippen LogP contribution in [-0.2, 0) is 14.3 Å². The van der Waals surface area contributed by atoms with Gasteiger partial charge in [-0.1, -0.05) is 23.4 Å². The van der Waals surface area contributed by atoms with E-state index in [2.05, 4.69) is 15.8 Å². The van der Waals surface area contributed by atoms with Gasteiger partial charge >= 0.3 is 5.97 Å². The van der Waals surface area contributed by atoms with Crippen LogP contribution in [-0.4, -0.2) is 36.1 Å². The molecule has 0 aliphatic carbocycles. The Kier molecular flexibility index (Phi) is 6.78. The van der Waals surface area contributed by atoms with Gasteiger partial charge in [-0.3, -0.25) is 19.7 Å². The first-order valence-electron chi connectivity index (χ1n) is 8.99. The molecule has 0 aliphatic rings. The van der Waals surface area contributed by atoms with Crippen LogP contribution < -0.4 is 15.4 Å². The third-order valence-corrected chi connectivity index (χ3v) is 3.74. The molecule has 0 bridgehead atoms. The molecule has 0 fully saturated rings. The van der Waals surface area contributed by atoms with E-state index in [0.29, 0.717) is 22.8 Å². The zero-order chi connectivity index (χ0) is 21.3. The maximum atomic E-state index is 12.1. The van der Waals surface area contributed by atoms with E-state index in [1.165, 1.54) is 6.07 Å². The number of ether oxygens (including phenoxy) is 2. The van der Waals surface area contributed by atoms with Gasteiger partial charge < -0.3 is 19.3 Å². The summed E-state index contributed by atoms with van der Waals surface area (Å²) in [4.78, 5) is 35.5. The topological polar surface area (TPSA) is 120 Å². The van der Waals surface area contributed by atoms with Crippen LogP contribution in [0.15, 0.2) is 65.2 Å². The predicted molar refractivity (Wildman–Crippen MR) is 106 cm³/mol. The number of nitrogens with zero attached hydrogens (tertiary/aromatic N) is 1. The molecule has 1 aromatic heterocycles. The van der Waals surface area contributed by atoms with E-state index < -0.39 is 24.4 Å². The van der Waals surface area contributed by atoms with Crippen molar-refractivity contribution >= 4 is 23.7 Å². The second-order valence-electron chi connectivity index (χ2n) is 6.16. The molecule has 1 heterocycles. The molecule has 0 radical (unpaired) electrons. The van der Waals surface area contributed by atoms with E-state index in [0.717, 1.165) is 0 Å². The monoisotopic (exact) mass is 409 g/mol. The van der Waals surface area contributed by atoms with E-state index in [1.807, 2.05) is 30.3 Å². The van der Waals surface area contributed by atoms with Gasteiger partial charge in [-0.2, -0.15) is 0 Å². The highest BCUT2D eigenvalue weighted by molar-refractivity contribution is 5.96. The molecule has 9 heteroatoms. The van der Waals surface area contributed by atoms with Gasteiger partial charge in [-0.15, -0.1) is 0 Å². The van der Waals surface area contributed by atoms with Crippen LogP contribution >= 0.6 is 0 Å². The Hall–Kier alpha value is -4.14. The Morgan fingerprint density at radius 2 is 1.70 bits per heavy atom. The van der Waals surface area contributed by atoms with E-state index in [-0.39, 0.29) is 12.4 Å². The van der Waals surface area contributed by atoms with Crippen molar-refractivity contribution in [3.63, 3.8) is 0 Å². The Morgan fingerprint density at radius 1 is 1.00 bits per heavy atom. The largest absolute Gasteiger partial charge is 0.457 e. The van der Waals surface area contributed by atoms with Crippen LogP contribution in [0.5, 0.6) is 11.5 Å². The van der Waals surface area contributed by atoms with E-state index in [1.54, 1.807) is 31.2 Å². The number of aryl methyl sites for hydroxylation is 1. The van der Waals surface area contributed by atoms with Gasteiger partial charge in [0.25, 0.3) is 11.8 Å². The minimum atomic E-state index is -0.753. The highest BCUT2D eigenvalue weighted by Gasteiger charge is 2.12. The molecular weight excluding hydrogens is 390 g/mol. The molecule has 0 saturated heterocycles. The molecule has 3 aromatic rings. The summed E-state index contributed by atoms with van der Waals surface area (Å²) in [5.41, 5.74) is 0.950. The number of amides is 2. The highest BCUT2D eigenvalue weighted by Crippen LogP contribution is 2.21. The van der Waals surface area contributed by atoms with Gasteiger partial charge in [0.15, 0.2) is 6.61 Å². The molecule has 2 aromatic carbocycles. The predicted octanol–water partition coefficient (Wildman–Crippen LogP) is 2.69. The fourth-order valence-electron chi connectivity index (χ4n) is 2.35. The normalized spacial score (nSPS) is 10.2. The molecule has 0 saturated carbocycles. The molecule has 0 unspecified atom stereocenters. The summed E-state index contributed by atoms with van der Waals surface area (Å²) in [6.45, 7) is 0.807. The lowest BCUT2D eigenvalue weighted by atomic mass is 10.2. The highest BCUT2D eigenvalue weighted by atomic mass is 16.5. The van der Waals surface area contributed by atoms with Crippen LogP contribution in [0.4, 0.5) is 5.88 Å². The summed E-state index contributed by atoms with van der Waals surface area (Å²) in [6, 6.07) is 17.2. The summed E-state index contributed by atoms with van der Waals surface area (Å²) in [5, 5.41) is 8.43. The zero-order valence-corrected chi connectivity index (χ0v) is 16.1. The van der Waals surface area contributed by atoms with Gasteiger partial charge in [0.2, 0.25) is 5.88 Å². The van der Waals surface area contributed by atoms with Crippen LogP contribution in [0, 0.1) is 6.92 Å². The Balaban J connectivity index is 1.40. The number of anilines is 1. The molecule has 2 N–H and O–H groups in total. The van der Waals surface area contributed by atoms with Gasteiger partial charge in [0.1, 0.15) is 18.0 Å². The van der Waals surface area contributed by atoms with Crippen molar-refractivity contribution in [3.05, 3.63) is 71.9 Å². The molecule has 2 amide bonds. The van der Waals surface area contributed by atoms with E-state index in [9.17, 15) is 14.4 Å². The van der Waals surface area contributed by atoms with Crippen molar-refractivity contribution in [2.75, 3.05) is 18.5 Å². The van der Waals surface area contributed by atoms with Crippen molar-refractivity contribution in [1.82, 2.24) is 10.5 Å². The number of hydrogen-bond donors (Lipinski definition) is 2. The summed E-state index contributed by atoms with van der Waals surface area (Å²) in [5.74, 6) is -0.387. The number of carbonyl (C=O) groups is 3. The summed E-state index contributed by atoms with van der Waals surface area (Å²) >= 11 is 0. The number of aromatic nitrogens is 1. The molecule has 3 rings (SSSR count). The minimum absolute atomic E-state index is 0.154. The summed E-state index contributed by atoms with van der Waals surface area (Å²) < 4.78 is 15.3. The van der Waals surface area contributed by atoms with Crippen molar-refractivity contribution < 1.29 is 28.4 Å². The Bertz CT molecular complexity index is 1010. The van der Waals surface area contributed by atoms with Crippen molar-refractivity contribution in [2.45, 2.75) is 6.92 Å². The second-order valence-corrected chi connectivity index (χ2v) is 6.16. The lowest BCUT2D eigenvalue weighted by Gasteiger charge is -2.08. The average molecular weight is 409 g/mol. The fourth-order valence-corrected chi connectivity index (χ4v) is 2.35. The number of hydrogen-bond acceptors (Lipinski definition) is 7. The van der Waals surface area contributed by atoms with Gasteiger partial charge in [-0.05, 0) is 43.3 Å². The summed E-state index contributed by atoms with van der Waals surface area (Å²) in [6.07, 6.45) is 0. The Morgan fingerprint density at radius 3 is 2.37 bits per heavy atom. The SMILES string of the molecule is Cc1cc(NC(=O)COC(=O)CNC(=O)c2ccc(Oc3ccccc3)cc2)on1. The van der Waals surface area contributed by atoms with Gasteiger partial charge in [0.05, 0.1) is 5.69 Å². The van der Waals surface area contributed by atoms with Crippen molar-refractivity contribution in [1.29, 1.82) is 0 Å². The number of benzene rings is 2. The first-order chi connectivity index (χ1) is 14.5. The molecule has 154 valence electrons. The molecule has 0 spiro atoms. The second kappa shape index (κ2) is 9.87. The number of para-hydroxylation sites is 1. The maximum absolute atomic E-state index is 12.1. The maximum Gasteiger partial charge on any atom is 0.325 e. The number of carbonyl (C=O) groups excluding carboxylic acids is 3. The summed E-state index contributed by atoms with van der Waals surface area (Å²) in [7, 11) is 0. The number of rotatable bonds is 8. The van der Waals surface area contributed by atoms with Crippen LogP contribution in [0.2, 0.25) is 0 Å². The quantitative estimate of drug-likeness (QED) is 0.549. The van der Waals surface area contributed by atoms with Crippen molar-refractivity contribution in [2.24, 2.45) is 0 Å². The van der Waals surface area contributed by atoms with Gasteiger partial charge in [0, 0.05) is 11.6 Å². The fraction of sp³-hybridized carbons (Fsp3) is 0.143. The minimum Gasteiger partial charge on any atom is -0.457 e.